The van der Waals surface area contributed by atoms with Gasteiger partial charge in [0.1, 0.15) is 0 Å². The number of phenolic OH excluding ortho intramolecular Hbond substituents is 1. The van der Waals surface area contributed by atoms with Crippen molar-refractivity contribution in [2.45, 2.75) is 0 Å². The Kier molecular flexibility index (Phi) is 4.03. The van der Waals surface area contributed by atoms with Crippen LogP contribution in [0.15, 0.2) is 33.9 Å². The van der Waals surface area contributed by atoms with Gasteiger partial charge in [0.05, 0.1) is 4.92 Å². The summed E-state index contributed by atoms with van der Waals surface area (Å²) in [7, 11) is 0. The van der Waals surface area contributed by atoms with Crippen molar-refractivity contribution < 1.29 is 15.1 Å². The van der Waals surface area contributed by atoms with E-state index in [1.807, 2.05) is 0 Å². The van der Waals surface area contributed by atoms with Crippen LogP contribution in [0, 0.1) is 20.2 Å². The maximum atomic E-state index is 11.5. The van der Waals surface area contributed by atoms with Gasteiger partial charge in [0.25, 0.3) is 0 Å². The molecular weight excluding hydrogens is 312 g/mol. The molecule has 0 saturated heterocycles. The molecule has 1 aromatic heterocycles. The van der Waals surface area contributed by atoms with Gasteiger partial charge in [-0.05, 0) is 12.2 Å². The van der Waals surface area contributed by atoms with E-state index in [-0.39, 0.29) is 15.9 Å². The summed E-state index contributed by atoms with van der Waals surface area (Å²) < 4.78 is -0.206. The van der Waals surface area contributed by atoms with Gasteiger partial charge in [-0.1, -0.05) is 12.1 Å². The molecule has 0 aliphatic rings. The largest absolute Gasteiger partial charge is 0.502 e. The molecule has 0 amide bonds. The van der Waals surface area contributed by atoms with E-state index in [0.717, 1.165) is 12.1 Å². The maximum absolute atomic E-state index is 11.5. The summed E-state index contributed by atoms with van der Waals surface area (Å²) in [6.07, 6.45) is 2.38. The Bertz CT molecular complexity index is 910. The van der Waals surface area contributed by atoms with Crippen LogP contribution in [0.4, 0.5) is 5.69 Å². The second-order valence-corrected chi connectivity index (χ2v) is 4.22. The van der Waals surface area contributed by atoms with E-state index in [9.17, 15) is 34.9 Å². The summed E-state index contributed by atoms with van der Waals surface area (Å²) in [4.78, 5) is 45.4. The lowest BCUT2D eigenvalue weighted by molar-refractivity contribution is -0.548. The number of para-hydroxylation sites is 1. The molecule has 0 spiro atoms. The number of rotatable bonds is 4. The fourth-order valence-electron chi connectivity index (χ4n) is 1.76. The molecule has 23 heavy (non-hydrogen) atoms. The number of nitrogens with one attached hydrogen (secondary N) is 1. The highest BCUT2D eigenvalue weighted by Crippen LogP contribution is 2.30. The molecule has 0 unspecified atom stereocenters. The van der Waals surface area contributed by atoms with Crippen molar-refractivity contribution in [2.75, 3.05) is 0 Å². The molecule has 2 N–H and O–H groups in total. The van der Waals surface area contributed by atoms with Gasteiger partial charge in [0, 0.05) is 28.1 Å². The van der Waals surface area contributed by atoms with Crippen LogP contribution in [0.25, 0.3) is 12.2 Å². The van der Waals surface area contributed by atoms with Crippen LogP contribution in [0.5, 0.6) is 5.75 Å². The molecule has 2 aromatic rings. The molecule has 2 rings (SSSR count). The number of aromatic hydroxyl groups is 1. The molecule has 118 valence electrons. The van der Waals surface area contributed by atoms with Crippen LogP contribution in [0.1, 0.15) is 11.3 Å². The Morgan fingerprint density at radius 1 is 1.17 bits per heavy atom. The van der Waals surface area contributed by atoms with Crippen molar-refractivity contribution in [3.63, 3.8) is 0 Å². The lowest BCUT2D eigenvalue weighted by atomic mass is 10.1. The number of nitro benzene ring substituents is 1. The highest BCUT2D eigenvalue weighted by atomic mass is 16.7. The van der Waals surface area contributed by atoms with E-state index < -0.39 is 32.6 Å². The normalized spacial score (nSPS) is 10.8. The summed E-state index contributed by atoms with van der Waals surface area (Å²) in [5.41, 5.74) is -2.90. The average molecular weight is 320 g/mol. The molecule has 11 nitrogen and oxygen atoms in total. The Balaban J connectivity index is 2.45. The van der Waals surface area contributed by atoms with Crippen molar-refractivity contribution >= 4 is 17.8 Å². The second kappa shape index (κ2) is 5.93. The Hall–Kier alpha value is -3.76. The first-order chi connectivity index (χ1) is 10.8. The molecule has 1 aromatic carbocycles. The van der Waals surface area contributed by atoms with Gasteiger partial charge in [0.15, 0.2) is 5.03 Å². The molecule has 0 fully saturated rings. The Morgan fingerprint density at radius 2 is 1.87 bits per heavy atom. The van der Waals surface area contributed by atoms with E-state index >= 15 is 0 Å². The predicted molar refractivity (Wildman–Crippen MR) is 77.4 cm³/mol. The van der Waals surface area contributed by atoms with Gasteiger partial charge in [-0.3, -0.25) is 14.9 Å². The molecular formula is C12H8N4O7. The van der Waals surface area contributed by atoms with Gasteiger partial charge in [-0.15, -0.1) is 0 Å². The van der Waals surface area contributed by atoms with E-state index in [2.05, 4.69) is 4.98 Å². The number of nitro groups is 2. The molecule has 0 atom stereocenters. The van der Waals surface area contributed by atoms with Crippen molar-refractivity contribution in [3.8, 4) is 5.75 Å². The third-order valence-corrected chi connectivity index (χ3v) is 2.78. The van der Waals surface area contributed by atoms with Crippen molar-refractivity contribution in [1.82, 2.24) is 9.66 Å². The zero-order chi connectivity index (χ0) is 17.1. The number of H-pyrrole nitrogens is 1. The van der Waals surface area contributed by atoms with Crippen LogP contribution < -0.4 is 11.2 Å². The Morgan fingerprint density at radius 3 is 2.43 bits per heavy atom. The van der Waals surface area contributed by atoms with Gasteiger partial charge >= 0.3 is 16.9 Å². The summed E-state index contributed by atoms with van der Waals surface area (Å²) in [5.74, 6) is -0.588. The van der Waals surface area contributed by atoms with E-state index in [1.165, 1.54) is 24.3 Å². The number of hydrogen-bond acceptors (Lipinski definition) is 7. The van der Waals surface area contributed by atoms with E-state index in [4.69, 9.17) is 0 Å². The van der Waals surface area contributed by atoms with Crippen LogP contribution in [-0.4, -0.2) is 24.7 Å². The summed E-state index contributed by atoms with van der Waals surface area (Å²) in [5, 5.41) is 29.8. The molecule has 0 saturated carbocycles. The van der Waals surface area contributed by atoms with Crippen molar-refractivity contribution in [2.24, 2.45) is 0 Å². The highest BCUT2D eigenvalue weighted by molar-refractivity contribution is 5.73. The minimum atomic E-state index is -1.24. The van der Waals surface area contributed by atoms with E-state index in [0.29, 0.717) is 0 Å². The maximum Gasteiger partial charge on any atom is 0.389 e. The molecule has 0 aliphatic carbocycles. The highest BCUT2D eigenvalue weighted by Gasteiger charge is 2.15. The zero-order valence-corrected chi connectivity index (χ0v) is 11.2. The van der Waals surface area contributed by atoms with Crippen molar-refractivity contribution in [3.05, 3.63) is 76.6 Å². The first kappa shape index (κ1) is 15.6. The molecule has 0 bridgehead atoms. The monoisotopic (exact) mass is 320 g/mol. The number of aromatic amines is 1. The minimum absolute atomic E-state index is 0.0657. The lowest BCUT2D eigenvalue weighted by Gasteiger charge is -2.00. The van der Waals surface area contributed by atoms with Crippen LogP contribution in [-0.2, 0) is 0 Å². The standard InChI is InChI=1S/C12H8N4O7/c17-10-6-8(13-12(19)14(10)16(22)23)5-4-7-2-1-3-9(11(7)18)15(20)21/h1-6,18H,(H,13,19)/b5-4+. The van der Waals surface area contributed by atoms with Gasteiger partial charge < -0.3 is 10.1 Å². The first-order valence-electron chi connectivity index (χ1n) is 5.97. The Labute approximate surface area is 126 Å². The summed E-state index contributed by atoms with van der Waals surface area (Å²) in [6.45, 7) is 0. The fraction of sp³-hybridized carbons (Fsp3) is 0. The van der Waals surface area contributed by atoms with Gasteiger partial charge in [0.2, 0.25) is 5.75 Å². The average Bonchev–Trinajstić information content (AvgIpc) is 2.44. The van der Waals surface area contributed by atoms with Crippen LogP contribution in [0.2, 0.25) is 0 Å². The van der Waals surface area contributed by atoms with Crippen LogP contribution in [0.3, 0.4) is 0 Å². The van der Waals surface area contributed by atoms with Gasteiger partial charge in [-0.25, -0.2) is 14.9 Å². The van der Waals surface area contributed by atoms with Crippen molar-refractivity contribution in [1.29, 1.82) is 0 Å². The number of nitrogens with zero attached hydrogens (tertiary/aromatic N) is 3. The molecule has 0 aliphatic heterocycles. The van der Waals surface area contributed by atoms with Gasteiger partial charge in [-0.2, -0.15) is 0 Å². The predicted octanol–water partition coefficient (Wildman–Crippen LogP) is 0.361. The van der Waals surface area contributed by atoms with E-state index in [1.54, 1.807) is 0 Å². The summed E-state index contributed by atoms with van der Waals surface area (Å²) in [6, 6.07) is 4.61. The number of aromatic nitrogens is 2. The second-order valence-electron chi connectivity index (χ2n) is 4.22. The lowest BCUT2D eigenvalue weighted by Crippen LogP contribution is -2.39. The number of benzene rings is 1. The quantitative estimate of drug-likeness (QED) is 0.607. The third-order valence-electron chi connectivity index (χ3n) is 2.78. The fourth-order valence-corrected chi connectivity index (χ4v) is 1.76. The number of phenols is 1. The minimum Gasteiger partial charge on any atom is -0.502 e. The van der Waals surface area contributed by atoms with Crippen LogP contribution >= 0.6 is 0 Å². The molecule has 0 radical (unpaired) electrons. The third kappa shape index (κ3) is 3.12. The topological polar surface area (TPSA) is 161 Å². The zero-order valence-electron chi connectivity index (χ0n) is 11.2. The number of hydrogen-bond donors (Lipinski definition) is 2. The smallest absolute Gasteiger partial charge is 0.389 e. The summed E-state index contributed by atoms with van der Waals surface area (Å²) >= 11 is 0. The SMILES string of the molecule is O=c1cc(/C=C/c2cccc([N+](=O)[O-])c2O)[nH]c(=O)n1[N+](=O)[O-]. The first-order valence-corrected chi connectivity index (χ1v) is 5.97. The molecule has 1 heterocycles. The molecule has 11 heteroatoms.